The Morgan fingerprint density at radius 2 is 1.71 bits per heavy atom. The number of rotatable bonds is 5. The molecule has 4 aliphatic heterocycles. The number of halogens is 1. The Kier molecular flexibility index (Phi) is 7.04. The lowest BCUT2D eigenvalue weighted by molar-refractivity contribution is -0.145. The lowest BCUT2D eigenvalue weighted by atomic mass is 9.77. The van der Waals surface area contributed by atoms with Gasteiger partial charge in [-0.05, 0) is 36.6 Å². The number of anilines is 2. The van der Waals surface area contributed by atoms with Crippen LogP contribution in [-0.2, 0) is 19.1 Å². The Morgan fingerprint density at radius 3 is 2.39 bits per heavy atom. The summed E-state index contributed by atoms with van der Waals surface area (Å²) in [5.41, 5.74) is 0.723. The summed E-state index contributed by atoms with van der Waals surface area (Å²) in [6, 6.07) is 13.1. The van der Waals surface area contributed by atoms with Crippen LogP contribution in [0, 0.1) is 24.7 Å². The standard InChI is InChI=1S/C32H34ClN3O5/c1-19(2)23(18-37)36-28-31(40)35(27-20(3)10-7-13-22(27)33)17-9-15-32(28)26(30(36)39)25-24(41-32)14-8-16-34(29(25)38)21-11-5-4-6-12-21/h4-15,19,23-26,28,37H,16-18H2,1-3H3/t23-,24-,25+,26-,28?,32-/m0/s1. The van der Waals surface area contributed by atoms with E-state index in [9.17, 15) is 19.5 Å². The fourth-order valence-electron chi connectivity index (χ4n) is 7.06. The number of carbonyl (C=O) groups is 3. The highest BCUT2D eigenvalue weighted by Gasteiger charge is 2.72. The number of nitrogens with zero attached hydrogens (tertiary/aromatic N) is 3. The van der Waals surface area contributed by atoms with Crippen molar-refractivity contribution < 1.29 is 24.2 Å². The molecular formula is C32H34ClN3O5. The number of para-hydroxylation sites is 2. The van der Waals surface area contributed by atoms with Crippen LogP contribution in [0.4, 0.5) is 11.4 Å². The first-order valence-corrected chi connectivity index (χ1v) is 14.5. The highest BCUT2D eigenvalue weighted by molar-refractivity contribution is 6.34. The molecule has 214 valence electrons. The van der Waals surface area contributed by atoms with Crippen molar-refractivity contribution in [2.45, 2.75) is 44.6 Å². The minimum absolute atomic E-state index is 0.156. The maximum atomic E-state index is 14.7. The van der Waals surface area contributed by atoms with Crippen molar-refractivity contribution in [3.05, 3.63) is 83.4 Å². The fraction of sp³-hybridized carbons (Fsp3) is 0.406. The molecule has 0 radical (unpaired) electrons. The van der Waals surface area contributed by atoms with Crippen LogP contribution in [0.25, 0.3) is 0 Å². The summed E-state index contributed by atoms with van der Waals surface area (Å²) in [6.45, 7) is 5.93. The quantitative estimate of drug-likeness (QED) is 0.549. The number of amides is 3. The Balaban J connectivity index is 1.50. The maximum Gasteiger partial charge on any atom is 0.253 e. The minimum Gasteiger partial charge on any atom is -0.394 e. The molecule has 1 unspecified atom stereocenters. The number of aliphatic hydroxyl groups is 1. The van der Waals surface area contributed by atoms with E-state index in [-0.39, 0.29) is 36.8 Å². The zero-order valence-electron chi connectivity index (χ0n) is 23.3. The van der Waals surface area contributed by atoms with E-state index >= 15 is 0 Å². The van der Waals surface area contributed by atoms with Crippen molar-refractivity contribution in [1.29, 1.82) is 0 Å². The van der Waals surface area contributed by atoms with Crippen LogP contribution in [0.5, 0.6) is 0 Å². The molecule has 4 heterocycles. The van der Waals surface area contributed by atoms with Crippen LogP contribution < -0.4 is 9.80 Å². The molecule has 41 heavy (non-hydrogen) atoms. The minimum atomic E-state index is -1.39. The van der Waals surface area contributed by atoms with Crippen LogP contribution in [-0.4, -0.2) is 71.2 Å². The van der Waals surface area contributed by atoms with E-state index < -0.39 is 35.6 Å². The predicted octanol–water partition coefficient (Wildman–Crippen LogP) is 3.75. The van der Waals surface area contributed by atoms with Crippen molar-refractivity contribution >= 4 is 40.7 Å². The summed E-state index contributed by atoms with van der Waals surface area (Å²) < 4.78 is 6.74. The normalized spacial score (nSPS) is 29.9. The number of hydrogen-bond acceptors (Lipinski definition) is 5. The molecule has 0 bridgehead atoms. The number of ether oxygens (including phenoxy) is 1. The number of aliphatic hydroxyl groups excluding tert-OH is 1. The topological polar surface area (TPSA) is 90.4 Å². The molecule has 2 aromatic rings. The van der Waals surface area contributed by atoms with Gasteiger partial charge in [-0.1, -0.05) is 80.1 Å². The number of benzene rings is 2. The predicted molar refractivity (Wildman–Crippen MR) is 157 cm³/mol. The number of fused-ring (bicyclic) bond motifs is 2. The molecule has 4 aliphatic rings. The third-order valence-electron chi connectivity index (χ3n) is 8.94. The molecule has 2 fully saturated rings. The first-order valence-electron chi connectivity index (χ1n) is 14.1. The van der Waals surface area contributed by atoms with Crippen molar-refractivity contribution in [3.8, 4) is 0 Å². The summed E-state index contributed by atoms with van der Waals surface area (Å²) >= 11 is 6.62. The van der Waals surface area contributed by atoms with Gasteiger partial charge in [0.2, 0.25) is 11.8 Å². The third-order valence-corrected chi connectivity index (χ3v) is 9.24. The lowest BCUT2D eigenvalue weighted by Gasteiger charge is -2.40. The van der Waals surface area contributed by atoms with Gasteiger partial charge < -0.3 is 24.5 Å². The van der Waals surface area contributed by atoms with Gasteiger partial charge in [0.1, 0.15) is 11.6 Å². The van der Waals surface area contributed by atoms with Gasteiger partial charge >= 0.3 is 0 Å². The summed E-state index contributed by atoms with van der Waals surface area (Å²) in [5, 5.41) is 10.9. The first kappa shape index (κ1) is 27.7. The number of likely N-dealkylation sites (tertiary alicyclic amines) is 1. The van der Waals surface area contributed by atoms with Gasteiger partial charge in [0, 0.05) is 18.8 Å². The molecular weight excluding hydrogens is 542 g/mol. The van der Waals surface area contributed by atoms with Crippen molar-refractivity contribution in [1.82, 2.24) is 4.90 Å². The van der Waals surface area contributed by atoms with Crippen molar-refractivity contribution in [2.75, 3.05) is 29.5 Å². The summed E-state index contributed by atoms with van der Waals surface area (Å²) in [4.78, 5) is 48.2. The second-order valence-electron chi connectivity index (χ2n) is 11.6. The van der Waals surface area contributed by atoms with Gasteiger partial charge in [0.15, 0.2) is 0 Å². The van der Waals surface area contributed by atoms with E-state index in [2.05, 4.69) is 0 Å². The maximum absolute atomic E-state index is 14.7. The van der Waals surface area contributed by atoms with E-state index in [0.29, 0.717) is 17.3 Å². The molecule has 6 atom stereocenters. The third kappa shape index (κ3) is 4.15. The zero-order chi connectivity index (χ0) is 29.1. The zero-order valence-corrected chi connectivity index (χ0v) is 24.1. The largest absolute Gasteiger partial charge is 0.394 e. The van der Waals surface area contributed by atoms with Gasteiger partial charge in [0.05, 0.1) is 41.3 Å². The van der Waals surface area contributed by atoms with E-state index in [1.54, 1.807) is 15.9 Å². The Labute approximate surface area is 244 Å². The summed E-state index contributed by atoms with van der Waals surface area (Å²) in [5.74, 6) is -2.88. The number of aryl methyl sites for hydroxylation is 1. The van der Waals surface area contributed by atoms with Gasteiger partial charge in [-0.3, -0.25) is 14.4 Å². The van der Waals surface area contributed by atoms with Crippen LogP contribution >= 0.6 is 11.6 Å². The van der Waals surface area contributed by atoms with Crippen LogP contribution in [0.15, 0.2) is 72.8 Å². The van der Waals surface area contributed by atoms with Crippen LogP contribution in [0.3, 0.4) is 0 Å². The molecule has 0 aliphatic carbocycles. The van der Waals surface area contributed by atoms with E-state index in [0.717, 1.165) is 11.3 Å². The summed E-state index contributed by atoms with van der Waals surface area (Å²) in [7, 11) is 0. The molecule has 1 spiro atoms. The highest BCUT2D eigenvalue weighted by atomic mass is 35.5. The van der Waals surface area contributed by atoms with Crippen LogP contribution in [0.2, 0.25) is 5.02 Å². The van der Waals surface area contributed by atoms with Gasteiger partial charge in [0.25, 0.3) is 5.91 Å². The molecule has 0 aromatic heterocycles. The van der Waals surface area contributed by atoms with E-state index in [1.165, 1.54) is 4.90 Å². The first-order chi connectivity index (χ1) is 19.7. The van der Waals surface area contributed by atoms with Gasteiger partial charge in [-0.15, -0.1) is 0 Å². The molecule has 2 aromatic carbocycles. The smallest absolute Gasteiger partial charge is 0.253 e. The summed E-state index contributed by atoms with van der Waals surface area (Å²) in [6.07, 6.45) is 6.69. The van der Waals surface area contributed by atoms with Crippen LogP contribution in [0.1, 0.15) is 19.4 Å². The number of carbonyl (C=O) groups excluding carboxylic acids is 3. The Bertz CT molecular complexity index is 1420. The van der Waals surface area contributed by atoms with Gasteiger partial charge in [-0.25, -0.2) is 0 Å². The molecule has 6 rings (SSSR count). The average molecular weight is 576 g/mol. The molecule has 3 amide bonds. The monoisotopic (exact) mass is 575 g/mol. The van der Waals surface area contributed by atoms with Gasteiger partial charge in [-0.2, -0.15) is 0 Å². The molecule has 0 saturated carbocycles. The van der Waals surface area contributed by atoms with E-state index in [4.69, 9.17) is 16.3 Å². The molecule has 9 heteroatoms. The molecule has 1 N–H and O–H groups in total. The lowest BCUT2D eigenvalue weighted by Crippen LogP contribution is -2.59. The molecule has 2 saturated heterocycles. The second-order valence-corrected chi connectivity index (χ2v) is 12.0. The SMILES string of the molecule is Cc1cccc(Cl)c1N1CC=C[C@]23O[C@H]4C=CCN(c5ccccc5)C(=O)[C@H]4[C@H]2C(=O)N([C@@H](CO)C(C)C)C3C1=O. The average Bonchev–Trinajstić information content (AvgIpc) is 3.26. The van der Waals surface area contributed by atoms with Crippen molar-refractivity contribution in [3.63, 3.8) is 0 Å². The second kappa shape index (κ2) is 10.4. The van der Waals surface area contributed by atoms with Crippen molar-refractivity contribution in [2.24, 2.45) is 17.8 Å². The highest BCUT2D eigenvalue weighted by Crippen LogP contribution is 2.55. The Morgan fingerprint density at radius 1 is 0.976 bits per heavy atom. The molecule has 8 nitrogen and oxygen atoms in total. The van der Waals surface area contributed by atoms with E-state index in [1.807, 2.05) is 87.5 Å². The Hall–Kier alpha value is -3.46. The fourth-order valence-corrected chi connectivity index (χ4v) is 7.38. The number of hydrogen-bond donors (Lipinski definition) is 1.